The lowest BCUT2D eigenvalue weighted by molar-refractivity contribution is -0.142. The van der Waals surface area contributed by atoms with Crippen molar-refractivity contribution < 1.29 is 19.2 Å². The molecule has 176 valence electrons. The fourth-order valence-electron chi connectivity index (χ4n) is 3.83. The highest BCUT2D eigenvalue weighted by atomic mass is 35.5. The zero-order valence-electron chi connectivity index (χ0n) is 18.5. The molecule has 0 aliphatic carbocycles. The minimum Gasteiger partial charge on any atom is -0.357 e. The number of imide groups is 1. The smallest absolute Gasteiger partial charge is 0.319 e. The number of hydrogen-bond acceptors (Lipinski definition) is 5. The zero-order valence-corrected chi connectivity index (χ0v) is 19.2. The average Bonchev–Trinajstić information content (AvgIpc) is 3.14. The Labute approximate surface area is 201 Å². The number of amides is 5. The van der Waals surface area contributed by atoms with Crippen LogP contribution in [-0.2, 0) is 20.9 Å². The fourth-order valence-corrected chi connectivity index (χ4v) is 4.01. The van der Waals surface area contributed by atoms with Crippen LogP contribution in [0.5, 0.6) is 0 Å². The van der Waals surface area contributed by atoms with Crippen molar-refractivity contribution in [3.63, 3.8) is 0 Å². The second kappa shape index (κ2) is 9.96. The standard InChI is InChI=1S/C24H24ClN5O4/c1-14-5-6-17(10-19(14)25)28-24(34)26-12-15-3-2-4-16(9-15)27-18-11-22(32)30(13-18)20-7-8-21(31)29-23(20)33/h2-6,9-11,20,27H,7-8,12-13H2,1H3,(H2,26,28,34)(H,29,31,33). The van der Waals surface area contributed by atoms with Gasteiger partial charge in [0.2, 0.25) is 17.7 Å². The minimum absolute atomic E-state index is 0.211. The lowest BCUT2D eigenvalue weighted by atomic mass is 10.0. The Kier molecular flexibility index (Phi) is 6.83. The quantitative estimate of drug-likeness (QED) is 0.473. The van der Waals surface area contributed by atoms with Crippen molar-refractivity contribution >= 4 is 46.7 Å². The maximum Gasteiger partial charge on any atom is 0.319 e. The molecule has 0 radical (unpaired) electrons. The third-order valence-electron chi connectivity index (χ3n) is 5.62. The molecule has 1 atom stereocenters. The number of carbonyl (C=O) groups excluding carboxylic acids is 4. The van der Waals surface area contributed by atoms with Crippen LogP contribution in [0.3, 0.4) is 0 Å². The SMILES string of the molecule is Cc1ccc(NC(=O)NCc2cccc(NC3=CC(=O)N(C4CCC(=O)NC4=O)C3)c2)cc1Cl. The molecule has 2 aliphatic heterocycles. The molecule has 2 aliphatic rings. The molecule has 4 N–H and O–H groups in total. The van der Waals surface area contributed by atoms with Crippen molar-refractivity contribution in [3.05, 3.63) is 70.4 Å². The maximum absolute atomic E-state index is 12.4. The highest BCUT2D eigenvalue weighted by Gasteiger charge is 2.36. The van der Waals surface area contributed by atoms with Gasteiger partial charge in [-0.05, 0) is 48.7 Å². The number of halogens is 1. The van der Waals surface area contributed by atoms with Crippen LogP contribution in [0.25, 0.3) is 0 Å². The van der Waals surface area contributed by atoms with Crippen molar-refractivity contribution in [1.82, 2.24) is 15.5 Å². The Balaban J connectivity index is 1.31. The van der Waals surface area contributed by atoms with Crippen molar-refractivity contribution in [1.29, 1.82) is 0 Å². The second-order valence-corrected chi connectivity index (χ2v) is 8.61. The molecule has 0 saturated carbocycles. The number of rotatable bonds is 6. The summed E-state index contributed by atoms with van der Waals surface area (Å²) < 4.78 is 0. The molecule has 1 fully saturated rings. The molecule has 0 spiro atoms. The predicted molar refractivity (Wildman–Crippen MR) is 128 cm³/mol. The molecule has 9 nitrogen and oxygen atoms in total. The number of nitrogens with zero attached hydrogens (tertiary/aromatic N) is 1. The van der Waals surface area contributed by atoms with E-state index in [1.165, 1.54) is 11.0 Å². The fraction of sp³-hybridized carbons (Fsp3) is 0.250. The van der Waals surface area contributed by atoms with E-state index < -0.39 is 11.9 Å². The molecular formula is C24H24ClN5O4. The van der Waals surface area contributed by atoms with Crippen LogP contribution in [0.15, 0.2) is 54.2 Å². The van der Waals surface area contributed by atoms with Crippen LogP contribution < -0.4 is 21.3 Å². The van der Waals surface area contributed by atoms with Crippen LogP contribution in [0, 0.1) is 6.92 Å². The summed E-state index contributed by atoms with van der Waals surface area (Å²) in [5.74, 6) is -1.04. The normalized spacial score (nSPS) is 17.8. The first kappa shape index (κ1) is 23.3. The van der Waals surface area contributed by atoms with Crippen LogP contribution in [0.2, 0.25) is 5.02 Å². The third kappa shape index (κ3) is 5.55. The van der Waals surface area contributed by atoms with Gasteiger partial charge in [0, 0.05) is 41.1 Å². The molecule has 2 heterocycles. The molecular weight excluding hydrogens is 458 g/mol. The van der Waals surface area contributed by atoms with Crippen LogP contribution in [-0.4, -0.2) is 41.2 Å². The van der Waals surface area contributed by atoms with Gasteiger partial charge in [0.15, 0.2) is 0 Å². The van der Waals surface area contributed by atoms with Crippen LogP contribution in [0.1, 0.15) is 24.0 Å². The third-order valence-corrected chi connectivity index (χ3v) is 6.03. The lowest BCUT2D eigenvalue weighted by Crippen LogP contribution is -2.53. The number of nitrogens with one attached hydrogen (secondary N) is 4. The highest BCUT2D eigenvalue weighted by molar-refractivity contribution is 6.31. The van der Waals surface area contributed by atoms with Crippen LogP contribution in [0.4, 0.5) is 16.2 Å². The second-order valence-electron chi connectivity index (χ2n) is 8.20. The number of benzene rings is 2. The van der Waals surface area contributed by atoms with E-state index in [4.69, 9.17) is 11.6 Å². The van der Waals surface area contributed by atoms with Gasteiger partial charge < -0.3 is 20.9 Å². The zero-order chi connectivity index (χ0) is 24.2. The number of piperidine rings is 1. The Bertz CT molecular complexity index is 1200. The van der Waals surface area contributed by atoms with Gasteiger partial charge in [0.1, 0.15) is 6.04 Å². The molecule has 1 saturated heterocycles. The molecule has 34 heavy (non-hydrogen) atoms. The monoisotopic (exact) mass is 481 g/mol. The summed E-state index contributed by atoms with van der Waals surface area (Å²) in [6.45, 7) is 2.42. The van der Waals surface area contributed by atoms with Gasteiger partial charge in [-0.25, -0.2) is 4.79 Å². The van der Waals surface area contributed by atoms with Crippen molar-refractivity contribution in [3.8, 4) is 0 Å². The molecule has 1 unspecified atom stereocenters. The summed E-state index contributed by atoms with van der Waals surface area (Å²) in [7, 11) is 0. The van der Waals surface area contributed by atoms with E-state index in [0.717, 1.165) is 16.8 Å². The lowest BCUT2D eigenvalue weighted by Gasteiger charge is -2.29. The van der Waals surface area contributed by atoms with E-state index in [1.54, 1.807) is 12.1 Å². The van der Waals surface area contributed by atoms with Crippen LogP contribution >= 0.6 is 11.6 Å². The van der Waals surface area contributed by atoms with Crippen molar-refractivity contribution in [2.75, 3.05) is 17.2 Å². The number of carbonyl (C=O) groups is 4. The van der Waals surface area contributed by atoms with Gasteiger partial charge in [-0.2, -0.15) is 0 Å². The minimum atomic E-state index is -0.654. The summed E-state index contributed by atoms with van der Waals surface area (Å²) in [5.41, 5.74) is 3.77. The number of aryl methyl sites for hydroxylation is 1. The Morgan fingerprint density at radius 1 is 1.15 bits per heavy atom. The van der Waals surface area contributed by atoms with Gasteiger partial charge in [0.25, 0.3) is 0 Å². The first-order valence-electron chi connectivity index (χ1n) is 10.8. The summed E-state index contributed by atoms with van der Waals surface area (Å²) >= 11 is 6.09. The first-order valence-corrected chi connectivity index (χ1v) is 11.2. The molecule has 2 aromatic rings. The molecule has 0 aromatic heterocycles. The molecule has 5 amide bonds. The predicted octanol–water partition coefficient (Wildman–Crippen LogP) is 2.91. The highest BCUT2D eigenvalue weighted by Crippen LogP contribution is 2.22. The van der Waals surface area contributed by atoms with E-state index in [0.29, 0.717) is 29.4 Å². The topological polar surface area (TPSA) is 120 Å². The van der Waals surface area contributed by atoms with E-state index in [2.05, 4.69) is 21.3 Å². The largest absolute Gasteiger partial charge is 0.357 e. The molecule has 4 rings (SSSR count). The maximum atomic E-state index is 12.4. The summed E-state index contributed by atoms with van der Waals surface area (Å²) in [5, 5.41) is 11.6. The number of urea groups is 1. The van der Waals surface area contributed by atoms with Gasteiger partial charge >= 0.3 is 6.03 Å². The number of anilines is 2. The molecule has 0 bridgehead atoms. The van der Waals surface area contributed by atoms with Gasteiger partial charge in [-0.15, -0.1) is 0 Å². The Hall–Kier alpha value is -3.85. The average molecular weight is 482 g/mol. The van der Waals surface area contributed by atoms with Gasteiger partial charge in [-0.1, -0.05) is 29.8 Å². The number of hydrogen-bond donors (Lipinski definition) is 4. The van der Waals surface area contributed by atoms with Gasteiger partial charge in [-0.3, -0.25) is 19.7 Å². The molecule has 10 heteroatoms. The van der Waals surface area contributed by atoms with Crippen molar-refractivity contribution in [2.24, 2.45) is 0 Å². The summed E-state index contributed by atoms with van der Waals surface area (Å²) in [4.78, 5) is 49.6. The summed E-state index contributed by atoms with van der Waals surface area (Å²) in [6.07, 6.45) is 1.98. The molecule has 2 aromatic carbocycles. The van der Waals surface area contributed by atoms with Crippen molar-refractivity contribution in [2.45, 2.75) is 32.4 Å². The Morgan fingerprint density at radius 2 is 1.97 bits per heavy atom. The van der Waals surface area contributed by atoms with E-state index >= 15 is 0 Å². The summed E-state index contributed by atoms with van der Waals surface area (Å²) in [6, 6.07) is 11.7. The van der Waals surface area contributed by atoms with E-state index in [1.807, 2.05) is 37.3 Å². The Morgan fingerprint density at radius 3 is 2.74 bits per heavy atom. The first-order chi connectivity index (χ1) is 16.3. The van der Waals surface area contributed by atoms with E-state index in [9.17, 15) is 19.2 Å². The van der Waals surface area contributed by atoms with Gasteiger partial charge in [0.05, 0.1) is 6.54 Å². The van der Waals surface area contributed by atoms with E-state index in [-0.39, 0.29) is 30.8 Å².